The maximum Gasteiger partial charge on any atom is 0.365 e. The van der Waals surface area contributed by atoms with Crippen molar-refractivity contribution in [2.75, 3.05) is 19.5 Å². The van der Waals surface area contributed by atoms with Crippen LogP contribution in [-0.2, 0) is 13.6 Å². The van der Waals surface area contributed by atoms with Crippen LogP contribution >= 0.6 is 19.2 Å². The third-order valence-electron chi connectivity index (χ3n) is 3.25. The summed E-state index contributed by atoms with van der Waals surface area (Å²) in [7, 11) is -1.12. The summed E-state index contributed by atoms with van der Waals surface area (Å²) in [4.78, 5) is 16.1. The van der Waals surface area contributed by atoms with Gasteiger partial charge in [0.2, 0.25) is 0 Å². The van der Waals surface area contributed by atoms with Gasteiger partial charge in [0, 0.05) is 26.6 Å². The molecule has 0 saturated heterocycles. The molecule has 0 fully saturated rings. The highest BCUT2D eigenvalue weighted by atomic mass is 35.5. The molecule has 0 atom stereocenters. The number of fused-ring (bicyclic) bond motifs is 1. The quantitative estimate of drug-likeness (QED) is 0.688. The molecule has 0 radical (unpaired) electrons. The first kappa shape index (κ1) is 15.4. The first-order chi connectivity index (χ1) is 12.0. The molecule has 3 rings (SSSR count). The zero-order chi connectivity index (χ0) is 18.0. The van der Waals surface area contributed by atoms with E-state index >= 15 is 0 Å². The number of anilines is 2. The van der Waals surface area contributed by atoms with E-state index in [2.05, 4.69) is 25.3 Å². The summed E-state index contributed by atoms with van der Waals surface area (Å²) in [5, 5.41) is 3.34. The highest BCUT2D eigenvalue weighted by molar-refractivity contribution is 7.63. The maximum atomic E-state index is 13.1. The molecule has 0 aliphatic carbocycles. The Hall–Kier alpha value is -2.12. The molecular weight excluding hydrogens is 353 g/mol. The third kappa shape index (κ3) is 2.97. The number of rotatable bonds is 5. The highest BCUT2D eigenvalue weighted by Gasteiger charge is 2.32. The standard InChI is InChI=1S/C14H13ClN5O3P/c1-22-24(21,23-2)13-11(20-14-9(15)7-16-8-19-14)4-3-10-12(13)18-6-5-17-10/h3-8H,1-2H3,(H,16,19,20)/i8D. The average molecular weight is 367 g/mol. The molecule has 0 aliphatic heterocycles. The van der Waals surface area contributed by atoms with Gasteiger partial charge in [0.15, 0.2) is 5.82 Å². The molecule has 0 spiro atoms. The van der Waals surface area contributed by atoms with Gasteiger partial charge < -0.3 is 14.4 Å². The van der Waals surface area contributed by atoms with E-state index in [0.29, 0.717) is 16.7 Å². The van der Waals surface area contributed by atoms with Crippen LogP contribution in [0.1, 0.15) is 1.37 Å². The zero-order valence-electron chi connectivity index (χ0n) is 13.7. The molecule has 0 saturated carbocycles. The molecule has 24 heavy (non-hydrogen) atoms. The normalized spacial score (nSPS) is 12.2. The maximum absolute atomic E-state index is 13.1. The molecule has 3 aromatic rings. The van der Waals surface area contributed by atoms with Crippen LogP contribution in [0, 0.1) is 0 Å². The third-order valence-corrected chi connectivity index (χ3v) is 5.48. The fourth-order valence-corrected chi connectivity index (χ4v) is 3.66. The Labute approximate surface area is 144 Å². The summed E-state index contributed by atoms with van der Waals surface area (Å²) in [5.74, 6) is 0.185. The number of halogens is 1. The van der Waals surface area contributed by atoms with Crippen LogP contribution in [0.2, 0.25) is 5.02 Å². The minimum absolute atomic E-state index is 0.185. The number of hydrogen-bond acceptors (Lipinski definition) is 8. The summed E-state index contributed by atoms with van der Waals surface area (Å²) < 4.78 is 30.9. The van der Waals surface area contributed by atoms with Gasteiger partial charge in [-0.05, 0) is 12.1 Å². The van der Waals surface area contributed by atoms with Crippen molar-refractivity contribution in [3.8, 4) is 0 Å². The monoisotopic (exact) mass is 366 g/mol. The van der Waals surface area contributed by atoms with Crippen molar-refractivity contribution in [1.82, 2.24) is 19.9 Å². The lowest BCUT2D eigenvalue weighted by atomic mass is 10.2. The van der Waals surface area contributed by atoms with Crippen LogP contribution in [0.15, 0.2) is 37.0 Å². The molecule has 2 heterocycles. The number of aromatic nitrogens is 4. The van der Waals surface area contributed by atoms with E-state index in [1.807, 2.05) is 0 Å². The van der Waals surface area contributed by atoms with Gasteiger partial charge in [-0.3, -0.25) is 14.5 Å². The van der Waals surface area contributed by atoms with Crippen LogP contribution in [0.25, 0.3) is 11.0 Å². The average Bonchev–Trinajstić information content (AvgIpc) is 2.64. The Morgan fingerprint density at radius 1 is 1.21 bits per heavy atom. The van der Waals surface area contributed by atoms with E-state index in [0.717, 1.165) is 0 Å². The van der Waals surface area contributed by atoms with Gasteiger partial charge in [-0.15, -0.1) is 0 Å². The van der Waals surface area contributed by atoms with E-state index in [1.165, 1.54) is 32.8 Å². The van der Waals surface area contributed by atoms with E-state index in [4.69, 9.17) is 22.0 Å². The van der Waals surface area contributed by atoms with Crippen molar-refractivity contribution in [3.05, 3.63) is 42.0 Å². The molecule has 2 aromatic heterocycles. The van der Waals surface area contributed by atoms with Crippen molar-refractivity contribution in [2.24, 2.45) is 0 Å². The van der Waals surface area contributed by atoms with Crippen molar-refractivity contribution < 1.29 is 15.0 Å². The second-order valence-electron chi connectivity index (χ2n) is 4.54. The fraction of sp³-hybridized carbons (Fsp3) is 0.143. The lowest BCUT2D eigenvalue weighted by molar-refractivity contribution is 0.287. The lowest BCUT2D eigenvalue weighted by Gasteiger charge is -2.19. The van der Waals surface area contributed by atoms with Crippen LogP contribution in [-0.4, -0.2) is 34.2 Å². The molecule has 1 N–H and O–H groups in total. The Morgan fingerprint density at radius 3 is 2.71 bits per heavy atom. The zero-order valence-corrected chi connectivity index (χ0v) is 14.4. The van der Waals surface area contributed by atoms with Gasteiger partial charge >= 0.3 is 7.60 Å². The minimum atomic E-state index is -3.68. The summed E-state index contributed by atoms with van der Waals surface area (Å²) in [6.07, 6.45) is 4.09. The van der Waals surface area contributed by atoms with Crippen molar-refractivity contribution in [1.29, 1.82) is 0 Å². The lowest BCUT2D eigenvalue weighted by Crippen LogP contribution is -2.16. The number of nitrogens with zero attached hydrogens (tertiary/aromatic N) is 4. The summed E-state index contributed by atoms with van der Waals surface area (Å²) in [6, 6.07) is 3.33. The summed E-state index contributed by atoms with van der Waals surface area (Å²) in [5.41, 5.74) is 1.24. The second kappa shape index (κ2) is 6.78. The van der Waals surface area contributed by atoms with E-state index in [9.17, 15) is 4.57 Å². The van der Waals surface area contributed by atoms with E-state index in [-0.39, 0.29) is 22.4 Å². The number of hydrogen-bond donors (Lipinski definition) is 1. The van der Waals surface area contributed by atoms with Crippen LogP contribution < -0.4 is 10.6 Å². The van der Waals surface area contributed by atoms with Crippen LogP contribution in [0.3, 0.4) is 0 Å². The summed E-state index contributed by atoms with van der Waals surface area (Å²) >= 11 is 6.07. The minimum Gasteiger partial charge on any atom is -0.338 e. The molecule has 0 aliphatic rings. The van der Waals surface area contributed by atoms with Crippen LogP contribution in [0.4, 0.5) is 11.5 Å². The Kier molecular flexibility index (Phi) is 4.36. The van der Waals surface area contributed by atoms with Gasteiger partial charge in [-0.2, -0.15) is 0 Å². The first-order valence-corrected chi connectivity index (χ1v) is 8.62. The Balaban J connectivity index is 2.24. The smallest absolute Gasteiger partial charge is 0.338 e. The Morgan fingerprint density at radius 2 is 1.96 bits per heavy atom. The second-order valence-corrected chi connectivity index (χ2v) is 7.12. The predicted octanol–water partition coefficient (Wildman–Crippen LogP) is 2.93. The number of benzene rings is 1. The molecule has 124 valence electrons. The first-order valence-electron chi connectivity index (χ1n) is 7.20. The SMILES string of the molecule is [2H]c1ncc(Cl)c(Nc2ccc3nccnc3c2P(=O)(OC)OC)n1. The van der Waals surface area contributed by atoms with Crippen molar-refractivity contribution in [2.45, 2.75) is 0 Å². The van der Waals surface area contributed by atoms with Crippen molar-refractivity contribution >= 4 is 47.0 Å². The van der Waals surface area contributed by atoms with Gasteiger partial charge in [-0.1, -0.05) is 11.6 Å². The molecule has 0 bridgehead atoms. The molecule has 0 amide bonds. The molecule has 8 nitrogen and oxygen atoms in total. The van der Waals surface area contributed by atoms with Gasteiger partial charge in [-0.25, -0.2) is 9.97 Å². The predicted molar refractivity (Wildman–Crippen MR) is 91.1 cm³/mol. The molecular formula is C14H13ClN5O3P. The van der Waals surface area contributed by atoms with Crippen molar-refractivity contribution in [3.63, 3.8) is 0 Å². The molecule has 0 unspecified atom stereocenters. The largest absolute Gasteiger partial charge is 0.365 e. The van der Waals surface area contributed by atoms with Gasteiger partial charge in [0.1, 0.15) is 23.5 Å². The Bertz CT molecular complexity index is 982. The van der Waals surface area contributed by atoms with Gasteiger partial charge in [0.05, 0.1) is 17.4 Å². The number of nitrogens with one attached hydrogen (secondary N) is 1. The highest BCUT2D eigenvalue weighted by Crippen LogP contribution is 2.49. The summed E-state index contributed by atoms with van der Waals surface area (Å²) in [6.45, 7) is 0. The molecule has 10 heteroatoms. The fourth-order valence-electron chi connectivity index (χ4n) is 2.15. The topological polar surface area (TPSA) is 99.1 Å². The molecule has 1 aromatic carbocycles. The van der Waals surface area contributed by atoms with Crippen LogP contribution in [0.5, 0.6) is 0 Å². The van der Waals surface area contributed by atoms with Gasteiger partial charge in [0.25, 0.3) is 0 Å². The van der Waals surface area contributed by atoms with E-state index < -0.39 is 7.60 Å². The van der Waals surface area contributed by atoms with E-state index in [1.54, 1.807) is 12.1 Å².